The van der Waals surface area contributed by atoms with E-state index in [1.165, 1.54) is 12.8 Å². The van der Waals surface area contributed by atoms with Gasteiger partial charge in [0.15, 0.2) is 0 Å². The second-order valence-electron chi connectivity index (χ2n) is 6.45. The fourth-order valence-electron chi connectivity index (χ4n) is 3.25. The summed E-state index contributed by atoms with van der Waals surface area (Å²) in [6.45, 7) is 6.28. The minimum absolute atomic E-state index is 0.0371. The van der Waals surface area contributed by atoms with Gasteiger partial charge in [0, 0.05) is 13.1 Å². The first-order chi connectivity index (χ1) is 12.0. The Kier molecular flexibility index (Phi) is 5.93. The van der Waals surface area contributed by atoms with Crippen molar-refractivity contribution in [1.29, 1.82) is 0 Å². The van der Waals surface area contributed by atoms with Gasteiger partial charge in [-0.2, -0.15) is 0 Å². The van der Waals surface area contributed by atoms with Crippen molar-refractivity contribution in [3.63, 3.8) is 0 Å². The molecular formula is C17H25N3O3S2. The SMILES string of the molecule is CCCn1c(=O)sc2cc(S(=O)(=O)NCCCN3CCCC3)ccc21. The summed E-state index contributed by atoms with van der Waals surface area (Å²) in [5.74, 6) is 0. The van der Waals surface area contributed by atoms with E-state index in [9.17, 15) is 13.2 Å². The first-order valence-corrected chi connectivity index (χ1v) is 11.2. The zero-order valence-corrected chi connectivity index (χ0v) is 16.2. The summed E-state index contributed by atoms with van der Waals surface area (Å²) in [5.41, 5.74) is 0.810. The Labute approximate surface area is 152 Å². The predicted molar refractivity (Wildman–Crippen MR) is 102 cm³/mol. The highest BCUT2D eigenvalue weighted by Gasteiger charge is 2.17. The van der Waals surface area contributed by atoms with Gasteiger partial charge in [-0.25, -0.2) is 13.1 Å². The number of benzene rings is 1. The molecule has 6 nitrogen and oxygen atoms in total. The van der Waals surface area contributed by atoms with E-state index >= 15 is 0 Å². The molecule has 0 bridgehead atoms. The van der Waals surface area contributed by atoms with Crippen LogP contribution in [0.1, 0.15) is 32.6 Å². The number of nitrogens with one attached hydrogen (secondary N) is 1. The molecular weight excluding hydrogens is 358 g/mol. The summed E-state index contributed by atoms with van der Waals surface area (Å²) in [5, 5.41) is 0. The third-order valence-electron chi connectivity index (χ3n) is 4.54. The van der Waals surface area contributed by atoms with Gasteiger partial charge in [0.2, 0.25) is 10.0 Å². The van der Waals surface area contributed by atoms with Crippen LogP contribution in [0.4, 0.5) is 0 Å². The van der Waals surface area contributed by atoms with Crippen molar-refractivity contribution in [2.24, 2.45) is 0 Å². The van der Waals surface area contributed by atoms with Crippen LogP contribution in [0.15, 0.2) is 27.9 Å². The maximum atomic E-state index is 12.5. The molecule has 1 aromatic carbocycles. The molecule has 138 valence electrons. The first kappa shape index (κ1) is 18.6. The lowest BCUT2D eigenvalue weighted by Crippen LogP contribution is -2.28. The van der Waals surface area contributed by atoms with Crippen LogP contribution in [0.25, 0.3) is 10.2 Å². The molecule has 0 atom stereocenters. The van der Waals surface area contributed by atoms with Crippen LogP contribution in [-0.2, 0) is 16.6 Å². The van der Waals surface area contributed by atoms with E-state index < -0.39 is 10.0 Å². The van der Waals surface area contributed by atoms with Gasteiger partial charge in [-0.15, -0.1) is 0 Å². The fraction of sp³-hybridized carbons (Fsp3) is 0.588. The highest BCUT2D eigenvalue weighted by atomic mass is 32.2. The smallest absolute Gasteiger partial charge is 0.303 e. The molecule has 2 heterocycles. The molecule has 3 rings (SSSR count). The zero-order chi connectivity index (χ0) is 17.9. The lowest BCUT2D eigenvalue weighted by atomic mass is 10.3. The summed E-state index contributed by atoms with van der Waals surface area (Å²) in [6, 6.07) is 4.93. The number of aromatic nitrogens is 1. The van der Waals surface area contributed by atoms with Crippen LogP contribution in [0, 0.1) is 0 Å². The second kappa shape index (κ2) is 7.99. The van der Waals surface area contributed by atoms with Gasteiger partial charge in [0.25, 0.3) is 0 Å². The Morgan fingerprint density at radius 2 is 1.96 bits per heavy atom. The van der Waals surface area contributed by atoms with Crippen molar-refractivity contribution >= 4 is 31.6 Å². The number of rotatable bonds is 8. The van der Waals surface area contributed by atoms with Crippen LogP contribution < -0.4 is 9.60 Å². The molecule has 25 heavy (non-hydrogen) atoms. The van der Waals surface area contributed by atoms with E-state index in [-0.39, 0.29) is 9.77 Å². The molecule has 2 aromatic rings. The molecule has 0 spiro atoms. The summed E-state index contributed by atoms with van der Waals surface area (Å²) in [7, 11) is -3.54. The summed E-state index contributed by atoms with van der Waals surface area (Å²) in [6.07, 6.45) is 4.16. The average Bonchev–Trinajstić information content (AvgIpc) is 3.20. The molecule has 0 unspecified atom stereocenters. The number of hydrogen-bond acceptors (Lipinski definition) is 5. The molecule has 1 aliphatic rings. The number of hydrogen-bond donors (Lipinski definition) is 1. The van der Waals surface area contributed by atoms with Crippen LogP contribution in [0.3, 0.4) is 0 Å². The third-order valence-corrected chi connectivity index (χ3v) is 6.94. The number of aryl methyl sites for hydroxylation is 1. The van der Waals surface area contributed by atoms with Gasteiger partial charge in [-0.1, -0.05) is 18.3 Å². The van der Waals surface area contributed by atoms with Crippen molar-refractivity contribution in [3.8, 4) is 0 Å². The Hall–Kier alpha value is -1.22. The van der Waals surface area contributed by atoms with Gasteiger partial charge in [0.1, 0.15) is 0 Å². The lowest BCUT2D eigenvalue weighted by molar-refractivity contribution is 0.334. The van der Waals surface area contributed by atoms with E-state index in [0.29, 0.717) is 13.1 Å². The number of thiazole rings is 1. The molecule has 1 N–H and O–H groups in total. The summed E-state index contributed by atoms with van der Waals surface area (Å²) in [4.78, 5) is 14.6. The largest absolute Gasteiger partial charge is 0.308 e. The molecule has 8 heteroatoms. The number of fused-ring (bicyclic) bond motifs is 1. The minimum atomic E-state index is -3.54. The molecule has 1 fully saturated rings. The van der Waals surface area contributed by atoms with Crippen LogP contribution in [0.5, 0.6) is 0 Å². The molecule has 0 amide bonds. The fourth-order valence-corrected chi connectivity index (χ4v) is 5.38. The number of nitrogens with zero attached hydrogens (tertiary/aromatic N) is 2. The van der Waals surface area contributed by atoms with Gasteiger partial charge < -0.3 is 4.90 Å². The number of sulfonamides is 1. The molecule has 1 aliphatic heterocycles. The van der Waals surface area contributed by atoms with E-state index in [4.69, 9.17) is 0 Å². The molecule has 0 radical (unpaired) electrons. The van der Waals surface area contributed by atoms with Crippen molar-refractivity contribution in [2.75, 3.05) is 26.2 Å². The summed E-state index contributed by atoms with van der Waals surface area (Å²) >= 11 is 1.10. The highest BCUT2D eigenvalue weighted by molar-refractivity contribution is 7.89. The average molecular weight is 384 g/mol. The molecule has 1 aromatic heterocycles. The molecule has 0 aliphatic carbocycles. The standard InChI is InChI=1S/C17H25N3O3S2/c1-2-9-20-15-7-6-14(13-16(15)24-17(20)21)25(22,23)18-8-5-12-19-10-3-4-11-19/h6-7,13,18H,2-5,8-12H2,1H3. The van der Waals surface area contributed by atoms with Crippen LogP contribution in [-0.4, -0.2) is 44.1 Å². The van der Waals surface area contributed by atoms with E-state index in [1.807, 2.05) is 6.92 Å². The Morgan fingerprint density at radius 1 is 1.20 bits per heavy atom. The van der Waals surface area contributed by atoms with Crippen LogP contribution in [0.2, 0.25) is 0 Å². The summed E-state index contributed by atoms with van der Waals surface area (Å²) < 4.78 is 30.1. The van der Waals surface area contributed by atoms with Crippen molar-refractivity contribution in [1.82, 2.24) is 14.2 Å². The Bertz CT molecular complexity index is 880. The Morgan fingerprint density at radius 3 is 2.68 bits per heavy atom. The first-order valence-electron chi connectivity index (χ1n) is 8.86. The van der Waals surface area contributed by atoms with Gasteiger partial charge in [0.05, 0.1) is 15.1 Å². The topological polar surface area (TPSA) is 71.4 Å². The van der Waals surface area contributed by atoms with Gasteiger partial charge >= 0.3 is 4.87 Å². The molecule has 1 saturated heterocycles. The normalized spacial score (nSPS) is 16.0. The second-order valence-corrected chi connectivity index (χ2v) is 9.21. The highest BCUT2D eigenvalue weighted by Crippen LogP contribution is 2.22. The zero-order valence-electron chi connectivity index (χ0n) is 14.5. The van der Waals surface area contributed by atoms with Gasteiger partial charge in [-0.05, 0) is 63.5 Å². The number of likely N-dealkylation sites (tertiary alicyclic amines) is 1. The van der Waals surface area contributed by atoms with Crippen molar-refractivity contribution in [3.05, 3.63) is 27.9 Å². The van der Waals surface area contributed by atoms with Crippen LogP contribution >= 0.6 is 11.3 Å². The molecule has 0 saturated carbocycles. The maximum absolute atomic E-state index is 12.5. The predicted octanol–water partition coefficient (Wildman–Crippen LogP) is 2.24. The third kappa shape index (κ3) is 4.31. The minimum Gasteiger partial charge on any atom is -0.303 e. The van der Waals surface area contributed by atoms with E-state index in [0.717, 1.165) is 54.0 Å². The van der Waals surface area contributed by atoms with Crippen molar-refractivity contribution < 1.29 is 8.42 Å². The van der Waals surface area contributed by atoms with Gasteiger partial charge in [-0.3, -0.25) is 9.36 Å². The van der Waals surface area contributed by atoms with Crippen molar-refractivity contribution in [2.45, 2.75) is 44.0 Å². The monoisotopic (exact) mass is 383 g/mol. The van der Waals surface area contributed by atoms with E-state index in [2.05, 4.69) is 9.62 Å². The Balaban J connectivity index is 1.67. The lowest BCUT2D eigenvalue weighted by Gasteiger charge is -2.14. The quantitative estimate of drug-likeness (QED) is 0.710. The maximum Gasteiger partial charge on any atom is 0.308 e. The van der Waals surface area contributed by atoms with E-state index in [1.54, 1.807) is 22.8 Å².